The lowest BCUT2D eigenvalue weighted by Crippen LogP contribution is -2.34. The van der Waals surface area contributed by atoms with Crippen LogP contribution in [0, 0.1) is 24.5 Å². The Bertz CT molecular complexity index is 1020. The van der Waals surface area contributed by atoms with Gasteiger partial charge in [-0.2, -0.15) is 9.97 Å². The SMILES string of the molecule is Cc1nc(-c2c(F)cc(OCCCC3CCN(c4nc(C(C)C)no4)CC3)cc2F)no1. The van der Waals surface area contributed by atoms with Crippen LogP contribution in [0.25, 0.3) is 11.4 Å². The minimum atomic E-state index is -0.783. The van der Waals surface area contributed by atoms with Gasteiger partial charge < -0.3 is 18.7 Å². The van der Waals surface area contributed by atoms with Gasteiger partial charge >= 0.3 is 6.01 Å². The van der Waals surface area contributed by atoms with E-state index in [0.717, 1.165) is 56.7 Å². The number of hydrogen-bond donors (Lipinski definition) is 0. The highest BCUT2D eigenvalue weighted by Gasteiger charge is 2.23. The summed E-state index contributed by atoms with van der Waals surface area (Å²) in [4.78, 5) is 10.5. The number of halogens is 2. The molecule has 3 heterocycles. The van der Waals surface area contributed by atoms with Crippen LogP contribution < -0.4 is 9.64 Å². The van der Waals surface area contributed by atoms with Crippen molar-refractivity contribution in [3.8, 4) is 17.1 Å². The molecule has 1 aliphatic rings. The normalized spacial score (nSPS) is 15.0. The van der Waals surface area contributed by atoms with Crippen LogP contribution in [0.5, 0.6) is 5.75 Å². The third kappa shape index (κ3) is 5.05. The summed E-state index contributed by atoms with van der Waals surface area (Å²) in [6, 6.07) is 2.90. The van der Waals surface area contributed by atoms with E-state index in [-0.39, 0.29) is 28.9 Å². The molecule has 1 aliphatic heterocycles. The van der Waals surface area contributed by atoms with Crippen molar-refractivity contribution >= 4 is 6.01 Å². The van der Waals surface area contributed by atoms with Crippen molar-refractivity contribution in [1.82, 2.24) is 20.3 Å². The third-order valence-corrected chi connectivity index (χ3v) is 5.62. The average Bonchev–Trinajstić information content (AvgIpc) is 3.41. The van der Waals surface area contributed by atoms with E-state index in [1.165, 1.54) is 0 Å². The van der Waals surface area contributed by atoms with Crippen molar-refractivity contribution in [3.63, 3.8) is 0 Å². The van der Waals surface area contributed by atoms with E-state index >= 15 is 0 Å². The highest BCUT2D eigenvalue weighted by Crippen LogP contribution is 2.29. The monoisotopic (exact) mass is 447 g/mol. The molecule has 4 rings (SSSR count). The van der Waals surface area contributed by atoms with Crippen molar-refractivity contribution in [3.05, 3.63) is 35.5 Å². The largest absolute Gasteiger partial charge is 0.493 e. The second-order valence-corrected chi connectivity index (χ2v) is 8.41. The summed E-state index contributed by atoms with van der Waals surface area (Å²) in [7, 11) is 0. The zero-order valence-electron chi connectivity index (χ0n) is 18.5. The van der Waals surface area contributed by atoms with Gasteiger partial charge in [-0.1, -0.05) is 24.2 Å². The predicted octanol–water partition coefficient (Wildman–Crippen LogP) is 4.91. The summed E-state index contributed by atoms with van der Waals surface area (Å²) < 4.78 is 44.5. The van der Waals surface area contributed by atoms with Gasteiger partial charge in [-0.15, -0.1) is 0 Å². The zero-order chi connectivity index (χ0) is 22.7. The topological polar surface area (TPSA) is 90.3 Å². The van der Waals surface area contributed by atoms with Crippen molar-refractivity contribution in [2.75, 3.05) is 24.6 Å². The van der Waals surface area contributed by atoms with Crippen LogP contribution >= 0.6 is 0 Å². The smallest absolute Gasteiger partial charge is 0.324 e. The number of nitrogens with zero attached hydrogens (tertiary/aromatic N) is 5. The minimum Gasteiger partial charge on any atom is -0.493 e. The zero-order valence-corrected chi connectivity index (χ0v) is 18.5. The number of aryl methyl sites for hydroxylation is 1. The lowest BCUT2D eigenvalue weighted by Gasteiger charge is -2.30. The number of piperidine rings is 1. The van der Waals surface area contributed by atoms with E-state index in [1.54, 1.807) is 6.92 Å². The second kappa shape index (κ2) is 9.62. The molecule has 0 amide bonds. The standard InChI is InChI=1S/C22H27F2N5O3/c1-13(2)20-26-22(32-27-20)29-8-6-15(7-9-29)5-4-10-30-16-11-17(23)19(18(24)12-16)21-25-14(3)31-28-21/h11-13,15H,4-10H2,1-3H3. The van der Waals surface area contributed by atoms with E-state index in [2.05, 4.69) is 25.2 Å². The van der Waals surface area contributed by atoms with Crippen molar-refractivity contribution in [1.29, 1.82) is 0 Å². The number of anilines is 1. The second-order valence-electron chi connectivity index (χ2n) is 8.41. The maximum atomic E-state index is 14.4. The average molecular weight is 447 g/mol. The molecule has 32 heavy (non-hydrogen) atoms. The fourth-order valence-corrected chi connectivity index (χ4v) is 3.81. The fraction of sp³-hybridized carbons (Fsp3) is 0.545. The number of benzene rings is 1. The van der Waals surface area contributed by atoms with Gasteiger partial charge in [0.2, 0.25) is 11.7 Å². The van der Waals surface area contributed by atoms with Gasteiger partial charge in [0.25, 0.3) is 0 Å². The van der Waals surface area contributed by atoms with E-state index in [1.807, 2.05) is 13.8 Å². The summed E-state index contributed by atoms with van der Waals surface area (Å²) in [5, 5.41) is 7.60. The molecule has 0 N–H and O–H groups in total. The Kier molecular flexibility index (Phi) is 6.66. The number of ether oxygens (including phenoxy) is 1. The van der Waals surface area contributed by atoms with Crippen LogP contribution in [-0.4, -0.2) is 40.0 Å². The molecule has 8 nitrogen and oxygen atoms in total. The quantitative estimate of drug-likeness (QED) is 0.450. The first kappa shape index (κ1) is 22.2. The van der Waals surface area contributed by atoms with Crippen LogP contribution in [0.3, 0.4) is 0 Å². The van der Waals surface area contributed by atoms with Crippen molar-refractivity contribution in [2.45, 2.75) is 52.4 Å². The molecule has 0 atom stereocenters. The van der Waals surface area contributed by atoms with Gasteiger partial charge in [-0.05, 0) is 31.6 Å². The molecular weight excluding hydrogens is 420 g/mol. The molecule has 2 aromatic heterocycles. The molecule has 1 saturated heterocycles. The van der Waals surface area contributed by atoms with Gasteiger partial charge in [0.1, 0.15) is 17.4 Å². The van der Waals surface area contributed by atoms with Crippen LogP contribution in [0.2, 0.25) is 0 Å². The Morgan fingerprint density at radius 2 is 1.81 bits per heavy atom. The Morgan fingerprint density at radius 3 is 2.41 bits per heavy atom. The van der Waals surface area contributed by atoms with Crippen molar-refractivity contribution in [2.24, 2.45) is 5.92 Å². The van der Waals surface area contributed by atoms with Crippen LogP contribution in [-0.2, 0) is 0 Å². The highest BCUT2D eigenvalue weighted by atomic mass is 19.1. The summed E-state index contributed by atoms with van der Waals surface area (Å²) in [5.74, 6) is 0.248. The van der Waals surface area contributed by atoms with Crippen molar-refractivity contribution < 1.29 is 22.6 Å². The summed E-state index contributed by atoms with van der Waals surface area (Å²) in [6.07, 6.45) is 3.85. The number of hydrogen-bond acceptors (Lipinski definition) is 8. The molecule has 1 fully saturated rings. The molecule has 0 aliphatic carbocycles. The highest BCUT2D eigenvalue weighted by molar-refractivity contribution is 5.57. The fourth-order valence-electron chi connectivity index (χ4n) is 3.81. The Labute approximate surface area is 184 Å². The molecule has 3 aromatic rings. The molecule has 0 unspecified atom stereocenters. The van der Waals surface area contributed by atoms with E-state index in [4.69, 9.17) is 13.8 Å². The lowest BCUT2D eigenvalue weighted by atomic mass is 9.92. The van der Waals surface area contributed by atoms with Gasteiger partial charge in [0, 0.05) is 38.1 Å². The first-order chi connectivity index (χ1) is 15.4. The first-order valence-corrected chi connectivity index (χ1v) is 10.9. The first-order valence-electron chi connectivity index (χ1n) is 10.9. The molecule has 10 heteroatoms. The molecule has 172 valence electrons. The van der Waals surface area contributed by atoms with Gasteiger partial charge in [0.05, 0.1) is 12.2 Å². The molecule has 1 aromatic carbocycles. The predicted molar refractivity (Wildman–Crippen MR) is 112 cm³/mol. The number of aromatic nitrogens is 4. The maximum absolute atomic E-state index is 14.4. The summed E-state index contributed by atoms with van der Waals surface area (Å²) >= 11 is 0. The van der Waals surface area contributed by atoms with E-state index < -0.39 is 11.6 Å². The summed E-state index contributed by atoms with van der Waals surface area (Å²) in [5.41, 5.74) is -0.317. The van der Waals surface area contributed by atoms with E-state index in [9.17, 15) is 8.78 Å². The van der Waals surface area contributed by atoms with E-state index in [0.29, 0.717) is 18.5 Å². The Balaban J connectivity index is 1.22. The molecule has 0 saturated carbocycles. The molecule has 0 radical (unpaired) electrons. The van der Waals surface area contributed by atoms with Crippen LogP contribution in [0.15, 0.2) is 21.2 Å². The molecular formula is C22H27F2N5O3. The third-order valence-electron chi connectivity index (χ3n) is 5.62. The van der Waals surface area contributed by atoms with Crippen LogP contribution in [0.1, 0.15) is 57.2 Å². The summed E-state index contributed by atoms with van der Waals surface area (Å²) in [6.45, 7) is 7.77. The Morgan fingerprint density at radius 1 is 1.09 bits per heavy atom. The maximum Gasteiger partial charge on any atom is 0.324 e. The van der Waals surface area contributed by atoms with Gasteiger partial charge in [-0.3, -0.25) is 0 Å². The van der Waals surface area contributed by atoms with Crippen LogP contribution in [0.4, 0.5) is 14.8 Å². The lowest BCUT2D eigenvalue weighted by molar-refractivity contribution is 0.274. The minimum absolute atomic E-state index is 0.114. The molecule has 0 spiro atoms. The van der Waals surface area contributed by atoms with Gasteiger partial charge in [0.15, 0.2) is 5.82 Å². The number of rotatable bonds is 8. The molecule has 0 bridgehead atoms. The Hall–Kier alpha value is -3.04. The van der Waals surface area contributed by atoms with Gasteiger partial charge in [-0.25, -0.2) is 8.78 Å².